The van der Waals surface area contributed by atoms with Crippen LogP contribution in [0.15, 0.2) is 22.7 Å². The first kappa shape index (κ1) is 13.3. The maximum absolute atomic E-state index is 10.8. The lowest BCUT2D eigenvalue weighted by Gasteiger charge is -2.21. The van der Waals surface area contributed by atoms with Gasteiger partial charge < -0.3 is 11.1 Å². The van der Waals surface area contributed by atoms with Gasteiger partial charge in [0.25, 0.3) is 5.69 Å². The molecule has 6 heteroatoms. The molecule has 1 aromatic carbocycles. The van der Waals surface area contributed by atoms with Crippen molar-refractivity contribution in [1.82, 2.24) is 0 Å². The van der Waals surface area contributed by atoms with Gasteiger partial charge in [-0.3, -0.25) is 10.1 Å². The molecule has 0 heterocycles. The van der Waals surface area contributed by atoms with E-state index in [1.54, 1.807) is 12.1 Å². The Morgan fingerprint density at radius 1 is 1.50 bits per heavy atom. The maximum Gasteiger partial charge on any atom is 0.271 e. The van der Waals surface area contributed by atoms with Crippen LogP contribution in [-0.4, -0.2) is 17.5 Å². The highest BCUT2D eigenvalue weighted by Gasteiger charge is 2.26. The lowest BCUT2D eigenvalue weighted by molar-refractivity contribution is -0.384. The molecule has 2 unspecified atom stereocenters. The third-order valence-corrected chi connectivity index (χ3v) is 4.15. The largest absolute Gasteiger partial charge is 0.381 e. The van der Waals surface area contributed by atoms with Crippen LogP contribution in [0.2, 0.25) is 0 Å². The predicted octanol–water partition coefficient (Wildman–Crippen LogP) is 2.90. The normalized spacial score (nSPS) is 23.0. The van der Waals surface area contributed by atoms with Crippen molar-refractivity contribution in [3.8, 4) is 0 Å². The highest BCUT2D eigenvalue weighted by atomic mass is 79.9. The number of hydrogen-bond acceptors (Lipinski definition) is 4. The average Bonchev–Trinajstić information content (AvgIpc) is 2.79. The lowest BCUT2D eigenvalue weighted by Crippen LogP contribution is -2.29. The van der Waals surface area contributed by atoms with Crippen LogP contribution in [0.5, 0.6) is 0 Å². The van der Waals surface area contributed by atoms with Gasteiger partial charge >= 0.3 is 0 Å². The molecule has 2 rings (SSSR count). The summed E-state index contributed by atoms with van der Waals surface area (Å²) in [4.78, 5) is 10.4. The molecule has 1 aromatic rings. The zero-order chi connectivity index (χ0) is 13.1. The smallest absolute Gasteiger partial charge is 0.271 e. The van der Waals surface area contributed by atoms with Crippen molar-refractivity contribution < 1.29 is 4.92 Å². The van der Waals surface area contributed by atoms with E-state index in [9.17, 15) is 10.1 Å². The molecule has 1 saturated carbocycles. The number of rotatable bonds is 4. The van der Waals surface area contributed by atoms with Crippen LogP contribution in [0, 0.1) is 16.0 Å². The van der Waals surface area contributed by atoms with E-state index in [0.29, 0.717) is 18.5 Å². The predicted molar refractivity (Wildman–Crippen MR) is 74.6 cm³/mol. The molecule has 2 atom stereocenters. The van der Waals surface area contributed by atoms with Gasteiger partial charge in [-0.15, -0.1) is 0 Å². The second-order valence-corrected chi connectivity index (χ2v) is 5.45. The van der Waals surface area contributed by atoms with E-state index >= 15 is 0 Å². The minimum atomic E-state index is -0.382. The summed E-state index contributed by atoms with van der Waals surface area (Å²) in [7, 11) is 0. The molecule has 0 saturated heterocycles. The number of hydrogen-bond donors (Lipinski definition) is 2. The highest BCUT2D eigenvalue weighted by molar-refractivity contribution is 9.10. The summed E-state index contributed by atoms with van der Waals surface area (Å²) < 4.78 is 0.843. The number of anilines is 1. The number of benzene rings is 1. The Kier molecular flexibility index (Phi) is 4.19. The number of nitrogens with zero attached hydrogens (tertiary/aromatic N) is 1. The van der Waals surface area contributed by atoms with Gasteiger partial charge in [-0.25, -0.2) is 0 Å². The van der Waals surface area contributed by atoms with Crippen LogP contribution in [0.3, 0.4) is 0 Å². The summed E-state index contributed by atoms with van der Waals surface area (Å²) in [5.41, 5.74) is 6.61. The van der Waals surface area contributed by atoms with Crippen LogP contribution in [0.1, 0.15) is 19.3 Å². The zero-order valence-electron chi connectivity index (χ0n) is 9.93. The van der Waals surface area contributed by atoms with Crippen LogP contribution < -0.4 is 11.1 Å². The van der Waals surface area contributed by atoms with Crippen LogP contribution in [-0.2, 0) is 0 Å². The summed E-state index contributed by atoms with van der Waals surface area (Å²) in [6.45, 7) is 0.657. The molecule has 0 aliphatic heterocycles. The SMILES string of the molecule is NCC1CCCC1Nc1cc([N+](=O)[O-])ccc1Br. The molecule has 0 spiro atoms. The van der Waals surface area contributed by atoms with Gasteiger partial charge in [-0.2, -0.15) is 0 Å². The van der Waals surface area contributed by atoms with Crippen molar-refractivity contribution in [2.75, 3.05) is 11.9 Å². The first-order valence-corrected chi connectivity index (χ1v) is 6.81. The van der Waals surface area contributed by atoms with Crippen molar-refractivity contribution in [1.29, 1.82) is 0 Å². The van der Waals surface area contributed by atoms with Crippen LogP contribution in [0.4, 0.5) is 11.4 Å². The molecule has 3 N–H and O–H groups in total. The van der Waals surface area contributed by atoms with E-state index in [0.717, 1.165) is 29.4 Å². The fraction of sp³-hybridized carbons (Fsp3) is 0.500. The van der Waals surface area contributed by atoms with Gasteiger partial charge in [-0.1, -0.05) is 6.42 Å². The Bertz CT molecular complexity index is 453. The topological polar surface area (TPSA) is 81.2 Å². The molecule has 0 aromatic heterocycles. The summed E-state index contributed by atoms with van der Waals surface area (Å²) in [5.74, 6) is 0.455. The number of nitrogens with two attached hydrogens (primary N) is 1. The molecule has 1 aliphatic carbocycles. The van der Waals surface area contributed by atoms with Gasteiger partial charge in [-0.05, 0) is 47.3 Å². The van der Waals surface area contributed by atoms with Crippen LogP contribution >= 0.6 is 15.9 Å². The molecule has 0 radical (unpaired) electrons. The van der Waals surface area contributed by atoms with E-state index in [2.05, 4.69) is 21.2 Å². The summed E-state index contributed by atoms with van der Waals surface area (Å²) >= 11 is 3.41. The van der Waals surface area contributed by atoms with E-state index < -0.39 is 0 Å². The van der Waals surface area contributed by atoms with Crippen molar-refractivity contribution in [3.05, 3.63) is 32.8 Å². The molecular formula is C12H16BrN3O2. The zero-order valence-corrected chi connectivity index (χ0v) is 11.5. The fourth-order valence-electron chi connectivity index (χ4n) is 2.45. The molecular weight excluding hydrogens is 298 g/mol. The minimum Gasteiger partial charge on any atom is -0.381 e. The summed E-state index contributed by atoms with van der Waals surface area (Å²) in [5, 5.41) is 14.1. The molecule has 98 valence electrons. The Balaban J connectivity index is 2.17. The number of nitro benzene ring substituents is 1. The number of nitrogens with one attached hydrogen (secondary N) is 1. The first-order valence-electron chi connectivity index (χ1n) is 6.02. The van der Waals surface area contributed by atoms with E-state index in [4.69, 9.17) is 5.73 Å². The Hall–Kier alpha value is -1.14. The molecule has 1 aliphatic rings. The molecule has 18 heavy (non-hydrogen) atoms. The molecule has 1 fully saturated rings. The molecule has 5 nitrogen and oxygen atoms in total. The number of non-ortho nitro benzene ring substituents is 1. The second-order valence-electron chi connectivity index (χ2n) is 4.60. The van der Waals surface area contributed by atoms with Gasteiger partial charge in [0, 0.05) is 22.6 Å². The Morgan fingerprint density at radius 3 is 2.94 bits per heavy atom. The summed E-state index contributed by atoms with van der Waals surface area (Å²) in [6.07, 6.45) is 3.35. The lowest BCUT2D eigenvalue weighted by atomic mass is 10.0. The number of halogens is 1. The van der Waals surface area contributed by atoms with Gasteiger partial charge in [0.05, 0.1) is 10.6 Å². The maximum atomic E-state index is 10.8. The minimum absolute atomic E-state index is 0.1000. The third-order valence-electron chi connectivity index (χ3n) is 3.46. The van der Waals surface area contributed by atoms with Gasteiger partial charge in [0.15, 0.2) is 0 Å². The van der Waals surface area contributed by atoms with Crippen molar-refractivity contribution in [2.45, 2.75) is 25.3 Å². The first-order chi connectivity index (χ1) is 8.61. The van der Waals surface area contributed by atoms with Gasteiger partial charge in [0.1, 0.15) is 0 Å². The number of nitro groups is 1. The van der Waals surface area contributed by atoms with E-state index in [1.807, 2.05) is 0 Å². The quantitative estimate of drug-likeness (QED) is 0.661. The fourth-order valence-corrected chi connectivity index (χ4v) is 2.81. The molecule has 0 amide bonds. The van der Waals surface area contributed by atoms with Gasteiger partial charge in [0.2, 0.25) is 0 Å². The van der Waals surface area contributed by atoms with Crippen molar-refractivity contribution in [3.63, 3.8) is 0 Å². The van der Waals surface area contributed by atoms with E-state index in [-0.39, 0.29) is 10.6 Å². The van der Waals surface area contributed by atoms with Crippen molar-refractivity contribution in [2.24, 2.45) is 11.7 Å². The Morgan fingerprint density at radius 2 is 2.28 bits per heavy atom. The second kappa shape index (κ2) is 5.67. The standard InChI is InChI=1S/C12H16BrN3O2/c13-10-5-4-9(16(17)18)6-12(10)15-11-3-1-2-8(11)7-14/h4-6,8,11,15H,1-3,7,14H2. The van der Waals surface area contributed by atoms with Crippen molar-refractivity contribution >= 4 is 27.3 Å². The summed E-state index contributed by atoms with van der Waals surface area (Å²) in [6, 6.07) is 5.07. The molecule has 0 bridgehead atoms. The van der Waals surface area contributed by atoms with Crippen LogP contribution in [0.25, 0.3) is 0 Å². The van der Waals surface area contributed by atoms with E-state index in [1.165, 1.54) is 6.07 Å². The monoisotopic (exact) mass is 313 g/mol. The third kappa shape index (κ3) is 2.81. The average molecular weight is 314 g/mol. The Labute approximate surface area is 114 Å². The highest BCUT2D eigenvalue weighted by Crippen LogP contribution is 2.32.